The third-order valence-electron chi connectivity index (χ3n) is 21.3. The summed E-state index contributed by atoms with van der Waals surface area (Å²) in [6, 6.07) is 127. The fourth-order valence-electron chi connectivity index (χ4n) is 16.3. The molecule has 0 saturated heterocycles. The van der Waals surface area contributed by atoms with E-state index in [2.05, 4.69) is 389 Å². The Balaban J connectivity index is 0.722. The van der Waals surface area contributed by atoms with Gasteiger partial charge in [-0.25, -0.2) is 0 Å². The summed E-state index contributed by atoms with van der Waals surface area (Å²) in [4.78, 5) is 4.86. The number of nitrogens with zero attached hydrogens (tertiary/aromatic N) is 2. The van der Waals surface area contributed by atoms with Crippen molar-refractivity contribution in [1.29, 1.82) is 0 Å². The molecule has 100 heavy (non-hydrogen) atoms. The van der Waals surface area contributed by atoms with Crippen LogP contribution < -0.4 is 9.80 Å². The molecule has 2 unspecified atom stereocenters. The molecule has 0 radical (unpaired) electrons. The number of hydrogen-bond donors (Lipinski definition) is 0. The van der Waals surface area contributed by atoms with E-state index in [1.807, 2.05) is 12.2 Å². The quantitative estimate of drug-likeness (QED) is 0.0951. The average molecular weight is 1280 g/mol. The molecule has 0 N–H and O–H groups in total. The van der Waals surface area contributed by atoms with Crippen LogP contribution in [0.15, 0.2) is 382 Å². The van der Waals surface area contributed by atoms with Gasteiger partial charge >= 0.3 is 0 Å². The minimum atomic E-state index is -0.581. The molecule has 2 atom stereocenters. The van der Waals surface area contributed by atoms with Gasteiger partial charge in [0, 0.05) is 34.1 Å². The maximum Gasteiger partial charge on any atom is 0.0714 e. The monoisotopic (exact) mass is 1280 g/mol. The molecule has 0 fully saturated rings. The zero-order chi connectivity index (χ0) is 67.3. The van der Waals surface area contributed by atoms with Crippen molar-refractivity contribution in [3.8, 4) is 66.8 Å². The van der Waals surface area contributed by atoms with Crippen molar-refractivity contribution in [3.05, 3.63) is 438 Å². The number of anilines is 6. The van der Waals surface area contributed by atoms with Crippen LogP contribution in [0.3, 0.4) is 0 Å². The van der Waals surface area contributed by atoms with Crippen LogP contribution in [0.25, 0.3) is 72.8 Å². The summed E-state index contributed by atoms with van der Waals surface area (Å²) >= 11 is 0. The molecule has 0 amide bonds. The Bertz CT molecular complexity index is 5450. The van der Waals surface area contributed by atoms with Crippen molar-refractivity contribution in [1.82, 2.24) is 0 Å². The lowest BCUT2D eigenvalue weighted by Gasteiger charge is -2.38. The minimum absolute atomic E-state index is 0.496. The smallest absolute Gasteiger partial charge is 0.0714 e. The van der Waals surface area contributed by atoms with Gasteiger partial charge in [-0.3, -0.25) is 0 Å². The van der Waals surface area contributed by atoms with Crippen molar-refractivity contribution < 1.29 is 0 Å². The van der Waals surface area contributed by atoms with Crippen molar-refractivity contribution in [3.63, 3.8) is 0 Å². The van der Waals surface area contributed by atoms with Crippen LogP contribution in [0.4, 0.5) is 34.1 Å². The first-order chi connectivity index (χ1) is 49.3. The van der Waals surface area contributed by atoms with E-state index in [9.17, 15) is 0 Å². The summed E-state index contributed by atoms with van der Waals surface area (Å²) < 4.78 is 0. The molecular formula is C98H74N2. The fraction of sp³-hybridized carbons (Fsp3) is 0.0612. The van der Waals surface area contributed by atoms with Crippen molar-refractivity contribution in [2.75, 3.05) is 9.80 Å². The zero-order valence-electron chi connectivity index (χ0n) is 56.4. The molecule has 0 aliphatic heterocycles. The Labute approximate surface area is 588 Å². The molecular weight excluding hydrogens is 1210 g/mol. The van der Waals surface area contributed by atoms with E-state index in [1.165, 1.54) is 106 Å². The Morgan fingerprint density at radius 3 is 0.970 bits per heavy atom. The predicted molar refractivity (Wildman–Crippen MR) is 422 cm³/mol. The third-order valence-corrected chi connectivity index (χ3v) is 21.3. The largest absolute Gasteiger partial charge is 0.310 e. The number of allylic oxidation sites excluding steroid dienone is 5. The van der Waals surface area contributed by atoms with Gasteiger partial charge in [0.15, 0.2) is 0 Å². The van der Waals surface area contributed by atoms with E-state index in [4.69, 9.17) is 0 Å². The topological polar surface area (TPSA) is 6.48 Å². The molecule has 3 aliphatic carbocycles. The highest BCUT2D eigenvalue weighted by atomic mass is 15.1. The molecule has 17 rings (SSSR count). The van der Waals surface area contributed by atoms with E-state index < -0.39 is 10.8 Å². The van der Waals surface area contributed by atoms with Gasteiger partial charge in [0.25, 0.3) is 0 Å². The number of aryl methyl sites for hydroxylation is 2. The highest BCUT2D eigenvalue weighted by Crippen LogP contribution is 2.60. The molecule has 14 aromatic rings. The second-order valence-electron chi connectivity index (χ2n) is 26.9. The minimum Gasteiger partial charge on any atom is -0.310 e. The van der Waals surface area contributed by atoms with E-state index in [0.717, 1.165) is 74.8 Å². The summed E-state index contributed by atoms with van der Waals surface area (Å²) in [6.45, 7) is 12.6. The number of fused-ring (bicyclic) bond motifs is 6. The first-order valence-electron chi connectivity index (χ1n) is 34.9. The van der Waals surface area contributed by atoms with Gasteiger partial charge in [-0.15, -0.1) is 0 Å². The van der Waals surface area contributed by atoms with Crippen LogP contribution >= 0.6 is 0 Å². The van der Waals surface area contributed by atoms with Gasteiger partial charge in [-0.2, -0.15) is 0 Å². The molecule has 0 saturated carbocycles. The summed E-state index contributed by atoms with van der Waals surface area (Å²) in [7, 11) is 0. The highest BCUT2D eigenvalue weighted by molar-refractivity contribution is 5.93. The predicted octanol–water partition coefficient (Wildman–Crippen LogP) is 26.1. The Hall–Kier alpha value is -12.4. The molecule has 2 nitrogen and oxygen atoms in total. The number of hydrogen-bond acceptors (Lipinski definition) is 2. The molecule has 0 heterocycles. The van der Waals surface area contributed by atoms with Crippen LogP contribution in [0.5, 0.6) is 0 Å². The lowest BCUT2D eigenvalue weighted by molar-refractivity contribution is 0.687. The van der Waals surface area contributed by atoms with E-state index >= 15 is 0 Å². The molecule has 14 aromatic carbocycles. The molecule has 0 spiro atoms. The van der Waals surface area contributed by atoms with Crippen LogP contribution in [0.1, 0.15) is 68.5 Å². The molecule has 0 aromatic heterocycles. The summed E-state index contributed by atoms with van der Waals surface area (Å²) in [6.07, 6.45) is 10.5. The van der Waals surface area contributed by atoms with Gasteiger partial charge in [0.1, 0.15) is 0 Å². The van der Waals surface area contributed by atoms with Crippen LogP contribution in [0, 0.1) is 13.8 Å². The molecule has 2 heteroatoms. The summed E-state index contributed by atoms with van der Waals surface area (Å²) in [5.74, 6) is 0. The third kappa shape index (κ3) is 10.5. The average Bonchev–Trinajstić information content (AvgIpc) is 1.54. The molecule has 3 aliphatic rings. The van der Waals surface area contributed by atoms with Gasteiger partial charge in [-0.05, 0) is 216 Å². The van der Waals surface area contributed by atoms with Crippen LogP contribution in [0.2, 0.25) is 0 Å². The normalized spacial score (nSPS) is 15.5. The van der Waals surface area contributed by atoms with Gasteiger partial charge in [-0.1, -0.05) is 321 Å². The Kier molecular flexibility index (Phi) is 15.7. The second kappa shape index (κ2) is 25.6. The van der Waals surface area contributed by atoms with Crippen LogP contribution in [-0.4, -0.2) is 0 Å². The van der Waals surface area contributed by atoms with Crippen LogP contribution in [-0.2, 0) is 10.8 Å². The SMILES string of the molecule is C=CC1=CC=C(C2(c3ccc(C)cc3)c3ccccc3-c3ccc(N(c4ccc(-c5ccccc5)cc4)c4ccc(-c5ccc(-c6ccc(N(c7ccc(-c8ccccc8)cc7)c7ccc8c(c7)C(c7ccc(C)cc7)(c7ccc(C=C)cc7)c7ccccc7-8)cc6)cc5)cc4)cc32)CC1. The van der Waals surface area contributed by atoms with E-state index in [1.54, 1.807) is 0 Å². The maximum absolute atomic E-state index is 4.16. The van der Waals surface area contributed by atoms with Gasteiger partial charge in [0.2, 0.25) is 0 Å². The van der Waals surface area contributed by atoms with Crippen molar-refractivity contribution >= 4 is 40.2 Å². The Morgan fingerprint density at radius 1 is 0.270 bits per heavy atom. The maximum atomic E-state index is 4.16. The zero-order valence-corrected chi connectivity index (χ0v) is 56.4. The standard InChI is InChI=1S/C98H74N2/c1-5-69-29-49-81(50-30-69)97(79-45-25-67(3)26-46-79)93-23-15-13-21-89(93)91-63-61-87(65-95(91)97)99(83-53-37-75(38-54-83)71-17-9-7-10-18-71)85-57-41-77(42-58-85)73-33-35-74(36-34-73)78-43-59-86(60-44-78)100(84-55-39-76(40-56-84)72-19-11-8-12-20-72)88-62-64-92-90-22-14-16-24-94(90)98(96(92)66-88,80-47-27-68(4)28-48-80)82-51-31-70(6-2)32-52-82/h5-31,33-51,53-66H,1-2,32,52H2,3-4H3. The van der Waals surface area contributed by atoms with Crippen molar-refractivity contribution in [2.45, 2.75) is 37.5 Å². The summed E-state index contributed by atoms with van der Waals surface area (Å²) in [5.41, 5.74) is 35.0. The lowest BCUT2D eigenvalue weighted by Crippen LogP contribution is -2.30. The van der Waals surface area contributed by atoms with E-state index in [0.29, 0.717) is 0 Å². The van der Waals surface area contributed by atoms with Gasteiger partial charge < -0.3 is 9.80 Å². The Morgan fingerprint density at radius 2 is 0.590 bits per heavy atom. The number of benzene rings is 14. The fourth-order valence-corrected chi connectivity index (χ4v) is 16.3. The van der Waals surface area contributed by atoms with Crippen molar-refractivity contribution in [2.24, 2.45) is 0 Å². The second-order valence-corrected chi connectivity index (χ2v) is 26.9. The first kappa shape index (κ1) is 61.2. The lowest BCUT2D eigenvalue weighted by atomic mass is 9.65. The summed E-state index contributed by atoms with van der Waals surface area (Å²) in [5, 5.41) is 0. The highest BCUT2D eigenvalue weighted by Gasteiger charge is 2.49. The van der Waals surface area contributed by atoms with Gasteiger partial charge in [0.05, 0.1) is 10.8 Å². The molecule has 476 valence electrons. The van der Waals surface area contributed by atoms with E-state index in [-0.39, 0.29) is 0 Å². The first-order valence-corrected chi connectivity index (χ1v) is 34.9. The molecule has 0 bridgehead atoms. The number of rotatable bonds is 16.